The van der Waals surface area contributed by atoms with Crippen LogP contribution in [-0.4, -0.2) is 38.7 Å². The molecule has 3 fully saturated rings. The molecule has 5 atom stereocenters. The smallest absolute Gasteiger partial charge is 0.132 e. The summed E-state index contributed by atoms with van der Waals surface area (Å²) in [4.78, 5) is 8.73. The van der Waals surface area contributed by atoms with Crippen LogP contribution in [0.3, 0.4) is 0 Å². The second-order valence-electron chi connectivity index (χ2n) is 9.67. The third-order valence-corrected chi connectivity index (χ3v) is 7.93. The number of aliphatic hydroxyl groups excluding tert-OH is 2. The number of hydrogen-bond acceptors (Lipinski definition) is 5. The summed E-state index contributed by atoms with van der Waals surface area (Å²) >= 11 is 0. The van der Waals surface area contributed by atoms with Gasteiger partial charge in [0, 0.05) is 17.0 Å². The first-order chi connectivity index (χ1) is 15.0. The summed E-state index contributed by atoms with van der Waals surface area (Å²) < 4.78 is 1.97. The highest BCUT2D eigenvalue weighted by atomic mass is 16.3. The Morgan fingerprint density at radius 2 is 2.06 bits per heavy atom. The quantitative estimate of drug-likeness (QED) is 0.533. The number of nitrogens with two attached hydrogens (primary N) is 1. The van der Waals surface area contributed by atoms with Crippen molar-refractivity contribution in [3.05, 3.63) is 53.7 Å². The van der Waals surface area contributed by atoms with Gasteiger partial charge in [0.25, 0.3) is 0 Å². The molecule has 6 rings (SSSR count). The molecule has 0 bridgehead atoms. The van der Waals surface area contributed by atoms with Crippen LogP contribution in [0.2, 0.25) is 0 Å². The van der Waals surface area contributed by atoms with Crippen molar-refractivity contribution in [1.29, 1.82) is 0 Å². The predicted octanol–water partition coefficient (Wildman–Crippen LogP) is 3.74. The molecule has 3 aliphatic carbocycles. The van der Waals surface area contributed by atoms with E-state index in [1.165, 1.54) is 24.0 Å². The van der Waals surface area contributed by atoms with Crippen molar-refractivity contribution in [1.82, 2.24) is 9.55 Å². The van der Waals surface area contributed by atoms with Gasteiger partial charge in [-0.25, -0.2) is 9.98 Å². The van der Waals surface area contributed by atoms with Crippen molar-refractivity contribution < 1.29 is 10.2 Å². The van der Waals surface area contributed by atoms with E-state index in [0.717, 1.165) is 36.0 Å². The van der Waals surface area contributed by atoms with Gasteiger partial charge in [0.1, 0.15) is 17.7 Å². The Morgan fingerprint density at radius 3 is 2.84 bits per heavy atom. The Bertz CT molecular complexity index is 1180. The molecule has 0 unspecified atom stereocenters. The summed E-state index contributed by atoms with van der Waals surface area (Å²) in [7, 11) is 0. The van der Waals surface area contributed by atoms with Crippen molar-refractivity contribution in [3.8, 4) is 0 Å². The van der Waals surface area contributed by atoms with Gasteiger partial charge in [0.05, 0.1) is 17.7 Å². The van der Waals surface area contributed by atoms with Crippen molar-refractivity contribution >= 4 is 29.3 Å². The summed E-state index contributed by atoms with van der Waals surface area (Å²) in [6.07, 6.45) is 5.44. The maximum absolute atomic E-state index is 10.9. The Hall–Kier alpha value is -2.70. The summed E-state index contributed by atoms with van der Waals surface area (Å²) in [6, 6.07) is 12.3. The number of hydrogen-bond donors (Lipinski definition) is 3. The first-order valence-corrected chi connectivity index (χ1v) is 11.2. The molecule has 0 saturated heterocycles. The molecule has 0 amide bonds. The molecule has 2 heterocycles. The zero-order valence-corrected chi connectivity index (χ0v) is 17.5. The maximum Gasteiger partial charge on any atom is 0.132 e. The summed E-state index contributed by atoms with van der Waals surface area (Å²) in [6.45, 7) is 3.63. The van der Waals surface area contributed by atoms with E-state index >= 15 is 0 Å². The van der Waals surface area contributed by atoms with Gasteiger partial charge in [0.2, 0.25) is 0 Å². The summed E-state index contributed by atoms with van der Waals surface area (Å²) in [5.74, 6) is 2.23. The van der Waals surface area contributed by atoms with Gasteiger partial charge in [-0.15, -0.1) is 0 Å². The fourth-order valence-corrected chi connectivity index (χ4v) is 5.98. The first-order valence-electron chi connectivity index (χ1n) is 11.2. The lowest BCUT2D eigenvalue weighted by Crippen LogP contribution is -2.34. The number of nitrogens with zero attached hydrogens (tertiary/aromatic N) is 3. The fraction of sp³-hybridized carbons (Fsp3) is 0.440. The first kappa shape index (κ1) is 19.0. The number of anilines is 1. The molecule has 0 radical (unpaired) electrons. The molecule has 0 aliphatic heterocycles. The highest BCUT2D eigenvalue weighted by molar-refractivity contribution is 5.82. The second kappa shape index (κ2) is 6.65. The molecular formula is C25H28N4O2. The van der Waals surface area contributed by atoms with Gasteiger partial charge >= 0.3 is 0 Å². The molecule has 3 aromatic rings. The van der Waals surface area contributed by atoms with Crippen LogP contribution in [0.25, 0.3) is 10.9 Å². The van der Waals surface area contributed by atoms with E-state index in [9.17, 15) is 10.2 Å². The predicted molar refractivity (Wildman–Crippen MR) is 122 cm³/mol. The van der Waals surface area contributed by atoms with E-state index in [1.54, 1.807) is 0 Å². The number of fused-ring (bicyclic) bond motifs is 2. The van der Waals surface area contributed by atoms with E-state index in [0.29, 0.717) is 11.7 Å². The normalized spacial score (nSPS) is 31.7. The lowest BCUT2D eigenvalue weighted by Gasteiger charge is -2.25. The molecule has 160 valence electrons. The molecule has 1 aromatic carbocycles. The van der Waals surface area contributed by atoms with Crippen LogP contribution in [0.1, 0.15) is 48.8 Å². The Morgan fingerprint density at radius 1 is 1.23 bits per heavy atom. The van der Waals surface area contributed by atoms with Gasteiger partial charge in [-0.05, 0) is 86.0 Å². The van der Waals surface area contributed by atoms with Gasteiger partial charge in [-0.2, -0.15) is 0 Å². The lowest BCUT2D eigenvalue weighted by atomic mass is 9.91. The minimum atomic E-state index is -0.787. The van der Waals surface area contributed by atoms with Crippen LogP contribution < -0.4 is 5.73 Å². The molecule has 2 aromatic heterocycles. The van der Waals surface area contributed by atoms with E-state index < -0.39 is 12.2 Å². The van der Waals surface area contributed by atoms with Gasteiger partial charge in [0.15, 0.2) is 0 Å². The minimum absolute atomic E-state index is 0.149. The number of benzene rings is 1. The largest absolute Gasteiger partial charge is 0.390 e. The molecule has 6 heteroatoms. The molecule has 3 aliphatic rings. The number of pyridine rings is 1. The monoisotopic (exact) mass is 416 g/mol. The van der Waals surface area contributed by atoms with Gasteiger partial charge in [-0.1, -0.05) is 12.1 Å². The Kier molecular flexibility index (Phi) is 4.08. The fourth-order valence-electron chi connectivity index (χ4n) is 5.98. The van der Waals surface area contributed by atoms with Crippen LogP contribution in [0.5, 0.6) is 0 Å². The van der Waals surface area contributed by atoms with E-state index in [-0.39, 0.29) is 17.4 Å². The Balaban J connectivity index is 1.22. The standard InChI is InChI=1S/C25H28N4O2/c1-27-20-3-2-10-29(20)21-18-13-25(18,23(31)22(21)30)9-8-14-4-5-16-12-17(15-6-7-15)24(26)28-19(16)11-14/h2-5,10-12,15,18,21-23,30-31H,1,6-9,13H2,(H2,26,28)/t18-,21-,22+,23+,25+/m1/s1. The van der Waals surface area contributed by atoms with Crippen LogP contribution in [0.4, 0.5) is 11.6 Å². The number of aliphatic hydroxyl groups is 2. The van der Waals surface area contributed by atoms with Gasteiger partial charge in [-0.3, -0.25) is 0 Å². The molecule has 4 N–H and O–H groups in total. The number of aryl methyl sites for hydroxylation is 1. The topological polar surface area (TPSA) is 96.7 Å². The third-order valence-electron chi connectivity index (χ3n) is 7.93. The molecule has 6 nitrogen and oxygen atoms in total. The van der Waals surface area contributed by atoms with Crippen LogP contribution in [-0.2, 0) is 6.42 Å². The average Bonchev–Trinajstić information content (AvgIpc) is 3.67. The minimum Gasteiger partial charge on any atom is -0.390 e. The van der Waals surface area contributed by atoms with E-state index in [2.05, 4.69) is 41.0 Å². The average molecular weight is 417 g/mol. The van der Waals surface area contributed by atoms with Crippen LogP contribution >= 0.6 is 0 Å². The zero-order valence-electron chi connectivity index (χ0n) is 17.5. The Labute approximate surface area is 181 Å². The maximum atomic E-state index is 10.9. The highest BCUT2D eigenvalue weighted by Crippen LogP contribution is 2.70. The zero-order chi connectivity index (χ0) is 21.3. The van der Waals surface area contributed by atoms with Crippen molar-refractivity contribution in [3.63, 3.8) is 0 Å². The van der Waals surface area contributed by atoms with Crippen LogP contribution in [0, 0.1) is 11.3 Å². The second-order valence-corrected chi connectivity index (χ2v) is 9.67. The summed E-state index contributed by atoms with van der Waals surface area (Å²) in [5, 5.41) is 22.9. The summed E-state index contributed by atoms with van der Waals surface area (Å²) in [5.41, 5.74) is 9.29. The number of nitrogen functional groups attached to an aromatic ring is 1. The SMILES string of the molecule is C=Nc1cccn1[C@H]1[C@H](O)[C@H](O)[C@@]2(CCc3ccc4cc(C5CC5)c(N)nc4c3)C[C@H]12. The van der Waals surface area contributed by atoms with Crippen molar-refractivity contribution in [2.24, 2.45) is 16.3 Å². The van der Waals surface area contributed by atoms with Crippen molar-refractivity contribution in [2.45, 2.75) is 56.3 Å². The number of aliphatic imine (C=N–C) groups is 1. The third kappa shape index (κ3) is 2.85. The molecule has 3 saturated carbocycles. The van der Waals surface area contributed by atoms with Crippen molar-refractivity contribution in [2.75, 3.05) is 5.73 Å². The highest BCUT2D eigenvalue weighted by Gasteiger charge is 2.70. The van der Waals surface area contributed by atoms with Gasteiger partial charge < -0.3 is 20.5 Å². The molecule has 31 heavy (non-hydrogen) atoms. The number of aromatic nitrogens is 2. The van der Waals surface area contributed by atoms with Crippen LogP contribution in [0.15, 0.2) is 47.6 Å². The van der Waals surface area contributed by atoms with E-state index in [1.807, 2.05) is 22.9 Å². The number of rotatable bonds is 6. The lowest BCUT2D eigenvalue weighted by molar-refractivity contribution is -0.0194. The van der Waals surface area contributed by atoms with E-state index in [4.69, 9.17) is 5.73 Å². The molecule has 0 spiro atoms. The molecular weight excluding hydrogens is 388 g/mol.